The lowest BCUT2D eigenvalue weighted by molar-refractivity contribution is 0.0681. The Morgan fingerprint density at radius 1 is 0.304 bits per heavy atom. The normalized spacial score (nSPS) is 10.9. The molecule has 0 spiro atoms. The van der Waals surface area contributed by atoms with Crippen LogP contribution in [0.25, 0.3) is 0 Å². The SMILES string of the molecule is O=C(O)c1ccc(C(=O)NCCN(CCCN(CCNC(=O)c2ccc(C(=O)O)c(O)c2O)CCNC(=O)c2ccc(C(=O)O)c(O)c2O)CCNC(=O)c2ccc(C(=O)O)c(O)c2O)c(O)c1O. The Morgan fingerprint density at radius 3 is 0.667 bits per heavy atom. The highest BCUT2D eigenvalue weighted by molar-refractivity contribution is 6.03. The quantitative estimate of drug-likeness (QED) is 0.0415. The molecule has 0 heterocycles. The Bertz CT molecular complexity index is 2320. The number of carboxylic acid groups (broad SMARTS) is 4. The molecule has 0 saturated carbocycles. The molecule has 26 heteroatoms. The number of benzene rings is 4. The Morgan fingerprint density at radius 2 is 0.478 bits per heavy atom. The molecule has 16 N–H and O–H groups in total. The number of amides is 4. The maximum absolute atomic E-state index is 12.9. The van der Waals surface area contributed by atoms with Gasteiger partial charge in [-0.2, -0.15) is 0 Å². The van der Waals surface area contributed by atoms with Crippen molar-refractivity contribution in [3.8, 4) is 46.0 Å². The van der Waals surface area contributed by atoms with Crippen LogP contribution in [0.15, 0.2) is 48.5 Å². The molecular weight excluding hydrogens is 920 g/mol. The average molecular weight is 967 g/mol. The number of phenolic OH excluding ortho intramolecular Hbond substituents is 4. The molecule has 4 aromatic carbocycles. The number of phenols is 8. The van der Waals surface area contributed by atoms with Gasteiger partial charge in [-0.05, 0) is 68.0 Å². The third-order valence-electron chi connectivity index (χ3n) is 10.3. The molecule has 0 fully saturated rings. The second-order valence-corrected chi connectivity index (χ2v) is 14.7. The summed E-state index contributed by atoms with van der Waals surface area (Å²) >= 11 is 0. The zero-order valence-corrected chi connectivity index (χ0v) is 35.9. The van der Waals surface area contributed by atoms with E-state index in [2.05, 4.69) is 21.3 Å². The fraction of sp³-hybridized carbons (Fsp3) is 0.256. The topological polar surface area (TPSA) is 434 Å². The van der Waals surface area contributed by atoms with E-state index in [0.717, 1.165) is 48.5 Å². The van der Waals surface area contributed by atoms with Crippen LogP contribution in [0.5, 0.6) is 46.0 Å². The molecule has 0 bridgehead atoms. The summed E-state index contributed by atoms with van der Waals surface area (Å²) in [5.74, 6) is -17.9. The minimum Gasteiger partial charge on any atom is -0.504 e. The number of aromatic carboxylic acids is 4. The van der Waals surface area contributed by atoms with E-state index in [-0.39, 0.29) is 71.9 Å². The largest absolute Gasteiger partial charge is 0.504 e. The van der Waals surface area contributed by atoms with E-state index < -0.39 is 138 Å². The van der Waals surface area contributed by atoms with E-state index in [4.69, 9.17) is 0 Å². The third kappa shape index (κ3) is 13.1. The van der Waals surface area contributed by atoms with Gasteiger partial charge in [0.2, 0.25) is 0 Å². The summed E-state index contributed by atoms with van der Waals surface area (Å²) in [5.41, 5.74) is -4.42. The first-order valence-corrected chi connectivity index (χ1v) is 20.3. The highest BCUT2D eigenvalue weighted by Crippen LogP contribution is 2.35. The van der Waals surface area contributed by atoms with Crippen LogP contribution in [0.2, 0.25) is 0 Å². The molecule has 26 nitrogen and oxygen atoms in total. The number of nitrogens with one attached hydrogen (secondary N) is 4. The number of rotatable bonds is 24. The van der Waals surface area contributed by atoms with Crippen molar-refractivity contribution in [3.63, 3.8) is 0 Å². The van der Waals surface area contributed by atoms with Crippen LogP contribution in [-0.2, 0) is 0 Å². The first-order valence-electron chi connectivity index (χ1n) is 20.3. The van der Waals surface area contributed by atoms with Crippen LogP contribution in [0.4, 0.5) is 0 Å². The van der Waals surface area contributed by atoms with E-state index >= 15 is 0 Å². The Labute approximate surface area is 388 Å². The number of aromatic hydroxyl groups is 8. The highest BCUT2D eigenvalue weighted by atomic mass is 16.4. The van der Waals surface area contributed by atoms with Crippen LogP contribution < -0.4 is 21.3 Å². The lowest BCUT2D eigenvalue weighted by atomic mass is 10.1. The minimum absolute atomic E-state index is 0.0427. The van der Waals surface area contributed by atoms with Gasteiger partial charge in [0.1, 0.15) is 22.3 Å². The monoisotopic (exact) mass is 966 g/mol. The van der Waals surface area contributed by atoms with Crippen molar-refractivity contribution in [2.24, 2.45) is 0 Å². The van der Waals surface area contributed by atoms with Gasteiger partial charge in [0.05, 0.1) is 22.3 Å². The fourth-order valence-electron chi connectivity index (χ4n) is 6.62. The molecule has 0 radical (unpaired) electrons. The van der Waals surface area contributed by atoms with Crippen LogP contribution in [-0.4, -0.2) is 184 Å². The van der Waals surface area contributed by atoms with Crippen LogP contribution >= 0.6 is 0 Å². The first-order chi connectivity index (χ1) is 32.6. The van der Waals surface area contributed by atoms with Gasteiger partial charge >= 0.3 is 23.9 Å². The molecule has 0 aliphatic carbocycles. The molecule has 0 saturated heterocycles. The van der Waals surface area contributed by atoms with Gasteiger partial charge < -0.3 is 82.5 Å². The number of carbonyl (C=O) groups excluding carboxylic acids is 4. The number of hydrogen-bond acceptors (Lipinski definition) is 18. The van der Waals surface area contributed by atoms with Gasteiger partial charge in [0.15, 0.2) is 46.0 Å². The van der Waals surface area contributed by atoms with Gasteiger partial charge in [0, 0.05) is 52.4 Å². The molecule has 0 unspecified atom stereocenters. The second-order valence-electron chi connectivity index (χ2n) is 14.7. The average Bonchev–Trinajstić information content (AvgIpc) is 3.28. The smallest absolute Gasteiger partial charge is 0.339 e. The summed E-state index contributed by atoms with van der Waals surface area (Å²) in [6, 6.07) is 7.60. The number of hydrogen-bond donors (Lipinski definition) is 16. The molecule has 0 aromatic heterocycles. The zero-order valence-electron chi connectivity index (χ0n) is 35.9. The second kappa shape index (κ2) is 23.4. The summed E-state index contributed by atoms with van der Waals surface area (Å²) in [6.45, 7) is 0.0134. The summed E-state index contributed by atoms with van der Waals surface area (Å²) < 4.78 is 0. The first kappa shape index (κ1) is 52.6. The molecule has 4 rings (SSSR count). The third-order valence-corrected chi connectivity index (χ3v) is 10.3. The molecule has 0 aliphatic heterocycles. The maximum Gasteiger partial charge on any atom is 0.339 e. The molecule has 0 atom stereocenters. The van der Waals surface area contributed by atoms with Gasteiger partial charge in [-0.1, -0.05) is 0 Å². The standard InChI is InChI=1S/C43H46N6O20/c50-28-20(2-6-24(32(28)54)40(62)63)36(58)44-10-16-48(17-11-45-37(59)21-3-7-25(41(64)65)33(55)29(21)51)14-1-15-49(18-12-46-38(60)22-4-8-26(42(66)67)34(56)30(22)52)19-13-47-39(61)23-5-9-27(43(68)69)35(57)31(23)53/h2-9,50-57H,1,10-19H2,(H,44,58)(H,45,59)(H,46,60)(H,47,61)(H,62,63)(H,64,65)(H,66,67)(H,68,69). The minimum atomic E-state index is -1.56. The number of nitrogens with zero attached hydrogens (tertiary/aromatic N) is 2. The van der Waals surface area contributed by atoms with Gasteiger partial charge in [0.25, 0.3) is 23.6 Å². The highest BCUT2D eigenvalue weighted by Gasteiger charge is 2.25. The van der Waals surface area contributed by atoms with E-state index in [0.29, 0.717) is 0 Å². The van der Waals surface area contributed by atoms with E-state index in [9.17, 15) is 99.6 Å². The Balaban J connectivity index is 1.49. The molecule has 4 amide bonds. The summed E-state index contributed by atoms with van der Waals surface area (Å²) in [4.78, 5) is 101. The molecule has 368 valence electrons. The number of carboxylic acids is 4. The van der Waals surface area contributed by atoms with Gasteiger partial charge in [-0.3, -0.25) is 29.0 Å². The van der Waals surface area contributed by atoms with Crippen molar-refractivity contribution < 1.29 is 99.6 Å². The Kier molecular flexibility index (Phi) is 17.8. The lowest BCUT2D eigenvalue weighted by Gasteiger charge is -2.26. The molecule has 69 heavy (non-hydrogen) atoms. The van der Waals surface area contributed by atoms with Crippen LogP contribution in [0.3, 0.4) is 0 Å². The van der Waals surface area contributed by atoms with Crippen molar-refractivity contribution in [2.45, 2.75) is 6.42 Å². The van der Waals surface area contributed by atoms with Crippen molar-refractivity contribution in [1.29, 1.82) is 0 Å². The number of carbonyl (C=O) groups is 8. The summed E-state index contributed by atoms with van der Waals surface area (Å²) in [5, 5.41) is 128. The Hall–Kier alpha value is -9.04. The van der Waals surface area contributed by atoms with Crippen molar-refractivity contribution in [2.75, 3.05) is 65.4 Å². The molecule has 4 aromatic rings. The molecular formula is C43H46N6O20. The van der Waals surface area contributed by atoms with E-state index in [1.807, 2.05) is 0 Å². The maximum atomic E-state index is 12.9. The lowest BCUT2D eigenvalue weighted by Crippen LogP contribution is -2.42. The van der Waals surface area contributed by atoms with Crippen molar-refractivity contribution in [1.82, 2.24) is 31.1 Å². The van der Waals surface area contributed by atoms with Gasteiger partial charge in [-0.15, -0.1) is 0 Å². The predicted molar refractivity (Wildman–Crippen MR) is 234 cm³/mol. The zero-order chi connectivity index (χ0) is 51.3. The van der Waals surface area contributed by atoms with Crippen LogP contribution in [0, 0.1) is 0 Å². The van der Waals surface area contributed by atoms with Crippen molar-refractivity contribution in [3.05, 3.63) is 93.0 Å². The summed E-state index contributed by atoms with van der Waals surface area (Å²) in [6.07, 6.45) is 0.275. The predicted octanol–water partition coefficient (Wildman–Crippen LogP) is 0.138. The molecule has 0 aliphatic rings. The summed E-state index contributed by atoms with van der Waals surface area (Å²) in [7, 11) is 0. The fourth-order valence-corrected chi connectivity index (χ4v) is 6.62. The van der Waals surface area contributed by atoms with Crippen LogP contribution in [0.1, 0.15) is 89.3 Å². The van der Waals surface area contributed by atoms with E-state index in [1.54, 1.807) is 9.80 Å². The van der Waals surface area contributed by atoms with Crippen molar-refractivity contribution >= 4 is 47.5 Å². The van der Waals surface area contributed by atoms with Gasteiger partial charge in [-0.25, -0.2) is 19.2 Å². The van der Waals surface area contributed by atoms with E-state index in [1.165, 1.54) is 0 Å².